The maximum Gasteiger partial charge on any atom is 0.315 e. The average molecular weight is 296 g/mol. The average Bonchev–Trinajstić information content (AvgIpc) is 2.50. The van der Waals surface area contributed by atoms with Gasteiger partial charge in [0.05, 0.1) is 13.7 Å². The van der Waals surface area contributed by atoms with Gasteiger partial charge < -0.3 is 24.8 Å². The number of ether oxygens (including phenoxy) is 3. The number of hydrogen-bond donors (Lipinski definition) is 2. The van der Waals surface area contributed by atoms with E-state index in [1.165, 1.54) is 0 Å². The molecular weight excluding hydrogens is 272 g/mol. The van der Waals surface area contributed by atoms with E-state index < -0.39 is 0 Å². The fraction of sp³-hybridized carbons (Fsp3) is 0.533. The smallest absolute Gasteiger partial charge is 0.315 e. The van der Waals surface area contributed by atoms with Gasteiger partial charge in [0.2, 0.25) is 0 Å². The first-order chi connectivity index (χ1) is 10.2. The highest BCUT2D eigenvalue weighted by Crippen LogP contribution is 2.27. The molecule has 1 rings (SSSR count). The van der Waals surface area contributed by atoms with Crippen molar-refractivity contribution in [2.45, 2.75) is 19.9 Å². The normalized spacial score (nSPS) is 10.0. The minimum Gasteiger partial charge on any atom is -0.493 e. The van der Waals surface area contributed by atoms with Crippen LogP contribution >= 0.6 is 0 Å². The standard InChI is InChI=1S/C15H24N2O4/c1-4-21-13-7-6-12(10-14(13)20-3)11-17-15(18)16-8-5-9-19-2/h6-7,10H,4-5,8-9,11H2,1-3H3,(H2,16,17,18). The Hall–Kier alpha value is -1.95. The molecule has 0 unspecified atom stereocenters. The molecule has 0 aliphatic rings. The van der Waals surface area contributed by atoms with Crippen molar-refractivity contribution in [3.8, 4) is 11.5 Å². The lowest BCUT2D eigenvalue weighted by molar-refractivity contribution is 0.193. The molecule has 2 N–H and O–H groups in total. The summed E-state index contributed by atoms with van der Waals surface area (Å²) in [6.07, 6.45) is 0.792. The summed E-state index contributed by atoms with van der Waals surface area (Å²) < 4.78 is 15.6. The van der Waals surface area contributed by atoms with Crippen molar-refractivity contribution in [1.29, 1.82) is 0 Å². The van der Waals surface area contributed by atoms with Gasteiger partial charge in [-0.3, -0.25) is 0 Å². The van der Waals surface area contributed by atoms with Gasteiger partial charge >= 0.3 is 6.03 Å². The molecule has 118 valence electrons. The van der Waals surface area contributed by atoms with Crippen LogP contribution in [-0.4, -0.2) is 40.0 Å². The predicted molar refractivity (Wildman–Crippen MR) is 80.9 cm³/mol. The Morgan fingerprint density at radius 1 is 1.19 bits per heavy atom. The van der Waals surface area contributed by atoms with E-state index in [2.05, 4.69) is 10.6 Å². The SMILES string of the molecule is CCOc1ccc(CNC(=O)NCCCOC)cc1OC. The molecule has 0 saturated carbocycles. The zero-order valence-corrected chi connectivity index (χ0v) is 12.9. The number of methoxy groups -OCH3 is 2. The molecule has 0 heterocycles. The van der Waals surface area contributed by atoms with Gasteiger partial charge in [0, 0.05) is 26.8 Å². The summed E-state index contributed by atoms with van der Waals surface area (Å²) in [5.74, 6) is 1.37. The third-order valence-corrected chi connectivity index (χ3v) is 2.79. The van der Waals surface area contributed by atoms with E-state index in [9.17, 15) is 4.79 Å². The molecule has 0 aliphatic carbocycles. The molecule has 0 radical (unpaired) electrons. The second-order valence-electron chi connectivity index (χ2n) is 4.37. The van der Waals surface area contributed by atoms with Crippen LogP contribution in [0.25, 0.3) is 0 Å². The monoisotopic (exact) mass is 296 g/mol. The molecular formula is C15H24N2O4. The second kappa shape index (κ2) is 9.88. The Kier molecular flexibility index (Phi) is 8.04. The van der Waals surface area contributed by atoms with Gasteiger partial charge in [0.15, 0.2) is 11.5 Å². The number of carbonyl (C=O) groups excluding carboxylic acids is 1. The highest BCUT2D eigenvalue weighted by atomic mass is 16.5. The summed E-state index contributed by atoms with van der Waals surface area (Å²) in [7, 11) is 3.23. The number of benzene rings is 1. The van der Waals surface area contributed by atoms with E-state index in [1.807, 2.05) is 25.1 Å². The van der Waals surface area contributed by atoms with Crippen LogP contribution in [0.15, 0.2) is 18.2 Å². The fourth-order valence-electron chi connectivity index (χ4n) is 1.76. The molecule has 0 spiro atoms. The molecule has 0 saturated heterocycles. The van der Waals surface area contributed by atoms with E-state index in [0.29, 0.717) is 37.8 Å². The molecule has 0 fully saturated rings. The number of urea groups is 1. The number of nitrogens with one attached hydrogen (secondary N) is 2. The van der Waals surface area contributed by atoms with Crippen LogP contribution in [0.2, 0.25) is 0 Å². The Balaban J connectivity index is 2.42. The van der Waals surface area contributed by atoms with E-state index in [0.717, 1.165) is 12.0 Å². The third-order valence-electron chi connectivity index (χ3n) is 2.79. The summed E-state index contributed by atoms with van der Waals surface area (Å²) in [5.41, 5.74) is 0.947. The first-order valence-electron chi connectivity index (χ1n) is 7.01. The topological polar surface area (TPSA) is 68.8 Å². The first-order valence-corrected chi connectivity index (χ1v) is 7.01. The van der Waals surface area contributed by atoms with Crippen LogP contribution in [-0.2, 0) is 11.3 Å². The zero-order valence-electron chi connectivity index (χ0n) is 12.9. The van der Waals surface area contributed by atoms with E-state index in [4.69, 9.17) is 14.2 Å². The molecule has 2 amide bonds. The lowest BCUT2D eigenvalue weighted by Crippen LogP contribution is -2.35. The van der Waals surface area contributed by atoms with Crippen molar-refractivity contribution in [2.24, 2.45) is 0 Å². The Morgan fingerprint density at radius 2 is 2.00 bits per heavy atom. The predicted octanol–water partition coefficient (Wildman–Crippen LogP) is 1.93. The number of rotatable bonds is 9. The maximum absolute atomic E-state index is 11.6. The molecule has 21 heavy (non-hydrogen) atoms. The number of hydrogen-bond acceptors (Lipinski definition) is 4. The molecule has 0 aromatic heterocycles. The minimum atomic E-state index is -0.195. The second-order valence-corrected chi connectivity index (χ2v) is 4.37. The van der Waals surface area contributed by atoms with Gasteiger partial charge in [-0.15, -0.1) is 0 Å². The van der Waals surface area contributed by atoms with Gasteiger partial charge in [0.1, 0.15) is 0 Å². The van der Waals surface area contributed by atoms with E-state index in [-0.39, 0.29) is 6.03 Å². The van der Waals surface area contributed by atoms with Crippen molar-refractivity contribution in [1.82, 2.24) is 10.6 Å². The highest BCUT2D eigenvalue weighted by Gasteiger charge is 2.06. The molecule has 1 aromatic rings. The summed E-state index contributed by atoms with van der Waals surface area (Å²) in [6.45, 7) is 4.15. The van der Waals surface area contributed by atoms with Crippen molar-refractivity contribution in [3.05, 3.63) is 23.8 Å². The molecule has 0 atom stereocenters. The van der Waals surface area contributed by atoms with E-state index in [1.54, 1.807) is 14.2 Å². The van der Waals surface area contributed by atoms with Crippen molar-refractivity contribution in [3.63, 3.8) is 0 Å². The largest absolute Gasteiger partial charge is 0.493 e. The first kappa shape index (κ1) is 17.1. The van der Waals surface area contributed by atoms with Gasteiger partial charge in [-0.1, -0.05) is 6.07 Å². The Labute approximate surface area is 125 Å². The van der Waals surface area contributed by atoms with Gasteiger partial charge in [0.25, 0.3) is 0 Å². The van der Waals surface area contributed by atoms with Crippen LogP contribution in [0.1, 0.15) is 18.9 Å². The van der Waals surface area contributed by atoms with Crippen molar-refractivity contribution < 1.29 is 19.0 Å². The minimum absolute atomic E-state index is 0.195. The lowest BCUT2D eigenvalue weighted by atomic mass is 10.2. The van der Waals surface area contributed by atoms with Gasteiger partial charge in [-0.2, -0.15) is 0 Å². The molecule has 6 heteroatoms. The summed E-state index contributed by atoms with van der Waals surface area (Å²) in [4.78, 5) is 11.6. The highest BCUT2D eigenvalue weighted by molar-refractivity contribution is 5.73. The van der Waals surface area contributed by atoms with Crippen molar-refractivity contribution >= 4 is 6.03 Å². The molecule has 0 bridgehead atoms. The van der Waals surface area contributed by atoms with Crippen LogP contribution in [0.3, 0.4) is 0 Å². The van der Waals surface area contributed by atoms with E-state index >= 15 is 0 Å². The van der Waals surface area contributed by atoms with Crippen LogP contribution < -0.4 is 20.1 Å². The number of carbonyl (C=O) groups is 1. The van der Waals surface area contributed by atoms with Crippen LogP contribution in [0, 0.1) is 0 Å². The van der Waals surface area contributed by atoms with Crippen molar-refractivity contribution in [2.75, 3.05) is 34.0 Å². The molecule has 1 aromatic carbocycles. The molecule has 0 aliphatic heterocycles. The summed E-state index contributed by atoms with van der Waals surface area (Å²) in [6, 6.07) is 5.41. The van der Waals surface area contributed by atoms with Crippen LogP contribution in [0.4, 0.5) is 4.79 Å². The Bertz CT molecular complexity index is 438. The van der Waals surface area contributed by atoms with Crippen LogP contribution in [0.5, 0.6) is 11.5 Å². The zero-order chi connectivity index (χ0) is 15.5. The quantitative estimate of drug-likeness (QED) is 0.683. The third kappa shape index (κ3) is 6.35. The summed E-state index contributed by atoms with van der Waals surface area (Å²) in [5, 5.41) is 5.55. The lowest BCUT2D eigenvalue weighted by Gasteiger charge is -2.12. The number of amides is 2. The fourth-order valence-corrected chi connectivity index (χ4v) is 1.76. The Morgan fingerprint density at radius 3 is 2.67 bits per heavy atom. The van der Waals surface area contributed by atoms with Gasteiger partial charge in [-0.05, 0) is 31.0 Å². The van der Waals surface area contributed by atoms with Gasteiger partial charge in [-0.25, -0.2) is 4.79 Å². The summed E-state index contributed by atoms with van der Waals surface area (Å²) >= 11 is 0. The molecule has 6 nitrogen and oxygen atoms in total. The maximum atomic E-state index is 11.6.